The third-order valence-electron chi connectivity index (χ3n) is 7.92. The molecule has 2 fully saturated rings. The first-order chi connectivity index (χ1) is 22.5. The lowest BCUT2D eigenvalue weighted by Crippen LogP contribution is -2.49. The maximum atomic E-state index is 11.1. The molecule has 0 saturated carbocycles. The molecule has 2 heterocycles. The van der Waals surface area contributed by atoms with Gasteiger partial charge in [-0.05, 0) is 12.8 Å². The predicted octanol–water partition coefficient (Wildman–Crippen LogP) is 1.78. The molecule has 2 aliphatic heterocycles. The van der Waals surface area contributed by atoms with E-state index in [1.54, 1.807) is 0 Å². The van der Waals surface area contributed by atoms with E-state index in [-0.39, 0.29) is 19.2 Å². The van der Waals surface area contributed by atoms with Crippen molar-refractivity contribution in [1.82, 2.24) is 4.90 Å². The van der Waals surface area contributed by atoms with Crippen LogP contribution in [-0.4, -0.2) is 130 Å². The van der Waals surface area contributed by atoms with Gasteiger partial charge < -0.3 is 54.2 Å². The molecule has 2 saturated heterocycles. The monoisotopic (exact) mass is 648 g/mol. The molecule has 0 aromatic heterocycles. The van der Waals surface area contributed by atoms with Crippen LogP contribution in [0.1, 0.15) is 43.0 Å². The van der Waals surface area contributed by atoms with Gasteiger partial charge in [0.2, 0.25) is 0 Å². The van der Waals surface area contributed by atoms with Crippen LogP contribution >= 0.6 is 0 Å². The summed E-state index contributed by atoms with van der Waals surface area (Å²) in [6.45, 7) is 4.86. The first-order valence-corrected chi connectivity index (χ1v) is 16.4. The SMILES string of the molecule is NCCOCCOCCOCCN(C[C@H](O)C[C@H]1CCOC(c2ccccc2)O1)C[C@H](O)[C@@H](O)[C@H]1CCOC(c2ccccc2)O1. The van der Waals surface area contributed by atoms with Crippen molar-refractivity contribution < 1.29 is 48.5 Å². The van der Waals surface area contributed by atoms with Crippen molar-refractivity contribution in [2.24, 2.45) is 5.73 Å². The number of nitrogens with zero attached hydrogens (tertiary/aromatic N) is 1. The Morgan fingerprint density at radius 1 is 0.717 bits per heavy atom. The number of benzene rings is 2. The molecular formula is C34H52N2O10. The zero-order valence-electron chi connectivity index (χ0n) is 26.6. The lowest BCUT2D eigenvalue weighted by atomic mass is 10.0. The van der Waals surface area contributed by atoms with Crippen molar-refractivity contribution in [1.29, 1.82) is 0 Å². The summed E-state index contributed by atoms with van der Waals surface area (Å²) >= 11 is 0. The van der Waals surface area contributed by atoms with Crippen molar-refractivity contribution in [2.75, 3.05) is 79.0 Å². The van der Waals surface area contributed by atoms with Crippen LogP contribution in [0.3, 0.4) is 0 Å². The van der Waals surface area contributed by atoms with Crippen molar-refractivity contribution >= 4 is 0 Å². The number of aliphatic hydroxyl groups is 3. The lowest BCUT2D eigenvalue weighted by Gasteiger charge is -2.36. The fourth-order valence-corrected chi connectivity index (χ4v) is 5.51. The molecule has 2 aromatic rings. The van der Waals surface area contributed by atoms with Crippen LogP contribution in [0.25, 0.3) is 0 Å². The summed E-state index contributed by atoms with van der Waals surface area (Å²) in [5, 5.41) is 33.4. The minimum Gasteiger partial charge on any atom is -0.392 e. The maximum Gasteiger partial charge on any atom is 0.184 e. The summed E-state index contributed by atoms with van der Waals surface area (Å²) in [5.74, 6) is 0. The average Bonchev–Trinajstić information content (AvgIpc) is 3.09. The minimum absolute atomic E-state index is 0.120. The fraction of sp³-hybridized carbons (Fsp3) is 0.647. The minimum atomic E-state index is -1.14. The normalized spacial score (nSPS) is 24.1. The van der Waals surface area contributed by atoms with Crippen molar-refractivity contribution in [2.45, 2.75) is 62.4 Å². The number of rotatable bonds is 21. The van der Waals surface area contributed by atoms with E-state index in [2.05, 4.69) is 0 Å². The third-order valence-corrected chi connectivity index (χ3v) is 7.92. The van der Waals surface area contributed by atoms with E-state index >= 15 is 0 Å². The Balaban J connectivity index is 1.27. The van der Waals surface area contributed by atoms with E-state index in [4.69, 9.17) is 38.9 Å². The highest BCUT2D eigenvalue weighted by Crippen LogP contribution is 2.29. The molecule has 7 atom stereocenters. The molecule has 12 nitrogen and oxygen atoms in total. The van der Waals surface area contributed by atoms with Gasteiger partial charge in [0.15, 0.2) is 12.6 Å². The van der Waals surface area contributed by atoms with E-state index in [0.717, 1.165) is 11.1 Å². The first-order valence-electron chi connectivity index (χ1n) is 16.4. The fourth-order valence-electron chi connectivity index (χ4n) is 5.51. The molecule has 0 amide bonds. The molecule has 0 radical (unpaired) electrons. The van der Waals surface area contributed by atoms with Gasteiger partial charge in [-0.1, -0.05) is 60.7 Å². The largest absolute Gasteiger partial charge is 0.392 e. The van der Waals surface area contributed by atoms with Crippen LogP contribution in [0.15, 0.2) is 60.7 Å². The molecule has 258 valence electrons. The first kappa shape index (κ1) is 36.8. The Bertz CT molecular complexity index is 1050. The van der Waals surface area contributed by atoms with Crippen LogP contribution in [0.4, 0.5) is 0 Å². The third kappa shape index (κ3) is 12.9. The zero-order chi connectivity index (χ0) is 32.4. The quantitative estimate of drug-likeness (QED) is 0.146. The van der Waals surface area contributed by atoms with Gasteiger partial charge in [0.1, 0.15) is 6.10 Å². The Kier molecular flexibility index (Phi) is 16.8. The summed E-state index contributed by atoms with van der Waals surface area (Å²) in [6, 6.07) is 19.3. The number of nitrogens with two attached hydrogens (primary N) is 1. The molecule has 46 heavy (non-hydrogen) atoms. The number of ether oxygens (including phenoxy) is 7. The van der Waals surface area contributed by atoms with Crippen LogP contribution < -0.4 is 5.73 Å². The van der Waals surface area contributed by atoms with Crippen molar-refractivity contribution in [3.8, 4) is 0 Å². The second kappa shape index (κ2) is 21.0. The van der Waals surface area contributed by atoms with Gasteiger partial charge >= 0.3 is 0 Å². The average molecular weight is 649 g/mol. The summed E-state index contributed by atoms with van der Waals surface area (Å²) in [5.41, 5.74) is 7.20. The smallest absolute Gasteiger partial charge is 0.184 e. The molecule has 5 N–H and O–H groups in total. The Morgan fingerprint density at radius 3 is 1.91 bits per heavy atom. The maximum absolute atomic E-state index is 11.1. The van der Waals surface area contributed by atoms with Crippen molar-refractivity contribution in [3.05, 3.63) is 71.8 Å². The standard InChI is InChI=1S/C34H52N2O10/c35-13-17-40-19-21-42-22-20-41-18-14-36(24-28(37)23-29-11-15-43-33(45-29)26-7-3-1-4-8-26)25-30(38)32(39)31-12-16-44-34(46-31)27-9-5-2-6-10-27/h1-10,28-34,37-39H,11-25,35H2/t28-,29-,30+,31-,32-,33?,34?/m1/s1. The molecule has 2 aliphatic rings. The topological polar surface area (TPSA) is 155 Å². The van der Waals surface area contributed by atoms with Gasteiger partial charge in [-0.15, -0.1) is 0 Å². The second-order valence-electron chi connectivity index (χ2n) is 11.6. The highest BCUT2D eigenvalue weighted by molar-refractivity contribution is 5.17. The molecule has 2 unspecified atom stereocenters. The van der Waals surface area contributed by atoms with E-state index in [1.807, 2.05) is 65.6 Å². The summed E-state index contributed by atoms with van der Waals surface area (Å²) in [7, 11) is 0. The highest BCUT2D eigenvalue weighted by atomic mass is 16.7. The van der Waals surface area contributed by atoms with Gasteiger partial charge in [0.05, 0.1) is 77.3 Å². The molecule has 2 aromatic carbocycles. The van der Waals surface area contributed by atoms with Gasteiger partial charge in [-0.25, -0.2) is 0 Å². The summed E-state index contributed by atoms with van der Waals surface area (Å²) in [4.78, 5) is 1.90. The van der Waals surface area contributed by atoms with Crippen LogP contribution in [0.5, 0.6) is 0 Å². The van der Waals surface area contributed by atoms with E-state index in [0.29, 0.717) is 85.2 Å². The molecule has 4 rings (SSSR count). The Labute approximate surface area is 272 Å². The summed E-state index contributed by atoms with van der Waals surface area (Å²) < 4.78 is 40.4. The lowest BCUT2D eigenvalue weighted by molar-refractivity contribution is -0.247. The van der Waals surface area contributed by atoms with Crippen LogP contribution in [0, 0.1) is 0 Å². The van der Waals surface area contributed by atoms with E-state index < -0.39 is 37.0 Å². The van der Waals surface area contributed by atoms with Crippen LogP contribution in [-0.2, 0) is 33.2 Å². The Morgan fingerprint density at radius 2 is 1.28 bits per heavy atom. The zero-order valence-corrected chi connectivity index (χ0v) is 26.6. The second-order valence-corrected chi connectivity index (χ2v) is 11.6. The van der Waals surface area contributed by atoms with Gasteiger partial charge in [0.25, 0.3) is 0 Å². The van der Waals surface area contributed by atoms with Gasteiger partial charge in [-0.3, -0.25) is 4.90 Å². The molecular weight excluding hydrogens is 596 g/mol. The molecule has 0 bridgehead atoms. The van der Waals surface area contributed by atoms with E-state index in [1.165, 1.54) is 0 Å². The number of hydrogen-bond donors (Lipinski definition) is 4. The Hall–Kier alpha value is -2.04. The van der Waals surface area contributed by atoms with Crippen LogP contribution in [0.2, 0.25) is 0 Å². The van der Waals surface area contributed by atoms with Crippen molar-refractivity contribution in [3.63, 3.8) is 0 Å². The number of hydrogen-bond acceptors (Lipinski definition) is 12. The number of aliphatic hydroxyl groups excluding tert-OH is 3. The van der Waals surface area contributed by atoms with Gasteiger partial charge in [-0.2, -0.15) is 0 Å². The highest BCUT2D eigenvalue weighted by Gasteiger charge is 2.34. The summed E-state index contributed by atoms with van der Waals surface area (Å²) in [6.07, 6.45) is -3.33. The molecule has 0 aliphatic carbocycles. The van der Waals surface area contributed by atoms with E-state index in [9.17, 15) is 15.3 Å². The van der Waals surface area contributed by atoms with Gasteiger partial charge in [0, 0.05) is 43.7 Å². The molecule has 12 heteroatoms. The predicted molar refractivity (Wildman–Crippen MR) is 170 cm³/mol. The molecule has 0 spiro atoms.